The standard InChI is InChI=1S/C19H23FN4O/c1-14(16-7-3-2-4-8-16)22-19(25)23-18-11-21-24(13-18)12-15-6-5-9-17(20)10-15/h5-7,9-11,13-14H,2-4,8,12H2,1H3,(H2,22,23,25). The molecule has 1 heterocycles. The SMILES string of the molecule is CC(NC(=O)Nc1cnn(Cc2cccc(F)c2)c1)C1=CCCCC1. The fourth-order valence-corrected chi connectivity index (χ4v) is 3.05. The molecule has 0 aliphatic heterocycles. The summed E-state index contributed by atoms with van der Waals surface area (Å²) in [4.78, 5) is 12.1. The molecule has 0 saturated carbocycles. The topological polar surface area (TPSA) is 59.0 Å². The summed E-state index contributed by atoms with van der Waals surface area (Å²) in [7, 11) is 0. The minimum absolute atomic E-state index is 0.0302. The molecule has 6 heteroatoms. The van der Waals surface area contributed by atoms with Crippen LogP contribution in [0.15, 0.2) is 48.3 Å². The molecule has 1 unspecified atom stereocenters. The second-order valence-electron chi connectivity index (χ2n) is 6.40. The van der Waals surface area contributed by atoms with E-state index in [9.17, 15) is 9.18 Å². The first-order valence-corrected chi connectivity index (χ1v) is 8.63. The van der Waals surface area contributed by atoms with Crippen LogP contribution in [0.1, 0.15) is 38.2 Å². The van der Waals surface area contributed by atoms with Gasteiger partial charge in [-0.15, -0.1) is 0 Å². The monoisotopic (exact) mass is 342 g/mol. The first-order valence-electron chi connectivity index (χ1n) is 8.63. The number of aromatic nitrogens is 2. The highest BCUT2D eigenvalue weighted by Gasteiger charge is 2.14. The van der Waals surface area contributed by atoms with E-state index in [2.05, 4.69) is 21.8 Å². The van der Waals surface area contributed by atoms with Crippen LogP contribution in [0.25, 0.3) is 0 Å². The molecule has 0 bridgehead atoms. The molecule has 25 heavy (non-hydrogen) atoms. The van der Waals surface area contributed by atoms with Gasteiger partial charge in [0.1, 0.15) is 5.82 Å². The quantitative estimate of drug-likeness (QED) is 0.804. The van der Waals surface area contributed by atoms with Crippen LogP contribution < -0.4 is 10.6 Å². The summed E-state index contributed by atoms with van der Waals surface area (Å²) in [6.45, 7) is 2.45. The van der Waals surface area contributed by atoms with Gasteiger partial charge in [-0.05, 0) is 50.3 Å². The molecule has 1 aromatic heterocycles. The minimum atomic E-state index is -0.270. The average molecular weight is 342 g/mol. The predicted octanol–water partition coefficient (Wildman–Crippen LogP) is 4.08. The average Bonchev–Trinajstić information content (AvgIpc) is 3.02. The van der Waals surface area contributed by atoms with Crippen LogP contribution in [0.4, 0.5) is 14.9 Å². The third-order valence-electron chi connectivity index (χ3n) is 4.35. The number of rotatable bonds is 5. The lowest BCUT2D eigenvalue weighted by Crippen LogP contribution is -2.37. The van der Waals surface area contributed by atoms with E-state index in [4.69, 9.17) is 0 Å². The summed E-state index contributed by atoms with van der Waals surface area (Å²) < 4.78 is 14.9. The molecule has 0 spiro atoms. The number of hydrogen-bond acceptors (Lipinski definition) is 2. The number of carbonyl (C=O) groups excluding carboxylic acids is 1. The van der Waals surface area contributed by atoms with Gasteiger partial charge in [0, 0.05) is 12.2 Å². The number of amides is 2. The maximum absolute atomic E-state index is 13.2. The number of nitrogens with zero attached hydrogens (tertiary/aromatic N) is 2. The third kappa shape index (κ3) is 4.92. The molecule has 0 radical (unpaired) electrons. The van der Waals surface area contributed by atoms with Crippen LogP contribution >= 0.6 is 0 Å². The number of urea groups is 1. The number of nitrogens with one attached hydrogen (secondary N) is 2. The highest BCUT2D eigenvalue weighted by Crippen LogP contribution is 2.20. The Morgan fingerprint density at radius 3 is 3.04 bits per heavy atom. The predicted molar refractivity (Wildman–Crippen MR) is 95.9 cm³/mol. The Morgan fingerprint density at radius 2 is 2.28 bits per heavy atom. The third-order valence-corrected chi connectivity index (χ3v) is 4.35. The van der Waals surface area contributed by atoms with Crippen molar-refractivity contribution in [1.29, 1.82) is 0 Å². The highest BCUT2D eigenvalue weighted by molar-refractivity contribution is 5.89. The van der Waals surface area contributed by atoms with Crippen molar-refractivity contribution in [2.24, 2.45) is 0 Å². The zero-order valence-corrected chi connectivity index (χ0v) is 14.3. The van der Waals surface area contributed by atoms with Crippen LogP contribution in [-0.4, -0.2) is 21.9 Å². The number of halogens is 1. The van der Waals surface area contributed by atoms with Crippen LogP contribution in [0.5, 0.6) is 0 Å². The smallest absolute Gasteiger partial charge is 0.319 e. The van der Waals surface area contributed by atoms with Gasteiger partial charge in [0.2, 0.25) is 0 Å². The molecule has 0 fully saturated rings. The number of carbonyl (C=O) groups is 1. The van der Waals surface area contributed by atoms with Gasteiger partial charge < -0.3 is 10.6 Å². The Labute approximate surface area is 146 Å². The van der Waals surface area contributed by atoms with Gasteiger partial charge in [-0.3, -0.25) is 4.68 Å². The molecule has 2 amide bonds. The largest absolute Gasteiger partial charge is 0.332 e. The molecular formula is C19H23FN4O. The van der Waals surface area contributed by atoms with Gasteiger partial charge >= 0.3 is 6.03 Å². The maximum Gasteiger partial charge on any atom is 0.319 e. The normalized spacial score (nSPS) is 15.4. The van der Waals surface area contributed by atoms with Crippen LogP contribution in [-0.2, 0) is 6.54 Å². The van der Waals surface area contributed by atoms with E-state index < -0.39 is 0 Å². The summed E-state index contributed by atoms with van der Waals surface area (Å²) in [6.07, 6.45) is 10.1. The van der Waals surface area contributed by atoms with Gasteiger partial charge in [0.25, 0.3) is 0 Å². The van der Waals surface area contributed by atoms with E-state index in [1.54, 1.807) is 23.1 Å². The zero-order valence-electron chi connectivity index (χ0n) is 14.3. The summed E-state index contributed by atoms with van der Waals surface area (Å²) in [5, 5.41) is 9.96. The first-order chi connectivity index (χ1) is 12.1. The summed E-state index contributed by atoms with van der Waals surface area (Å²) in [5.41, 5.74) is 2.72. The fraction of sp³-hybridized carbons (Fsp3) is 0.368. The second kappa shape index (κ2) is 7.96. The van der Waals surface area contributed by atoms with Crippen LogP contribution in [0.3, 0.4) is 0 Å². The molecule has 3 rings (SSSR count). The van der Waals surface area contributed by atoms with Crippen molar-refractivity contribution in [3.63, 3.8) is 0 Å². The van der Waals surface area contributed by atoms with Crippen molar-refractivity contribution in [3.05, 3.63) is 59.7 Å². The number of hydrogen-bond donors (Lipinski definition) is 2. The van der Waals surface area contributed by atoms with Crippen molar-refractivity contribution >= 4 is 11.7 Å². The molecule has 1 aliphatic rings. The number of allylic oxidation sites excluding steroid dienone is 1. The van der Waals surface area contributed by atoms with Crippen LogP contribution in [0, 0.1) is 5.82 Å². The molecule has 132 valence electrons. The number of benzene rings is 1. The highest BCUT2D eigenvalue weighted by atomic mass is 19.1. The summed E-state index contributed by atoms with van der Waals surface area (Å²) in [5.74, 6) is -0.270. The fourth-order valence-electron chi connectivity index (χ4n) is 3.05. The maximum atomic E-state index is 13.2. The van der Waals surface area contributed by atoms with Crippen molar-refractivity contribution in [1.82, 2.24) is 15.1 Å². The van der Waals surface area contributed by atoms with Crippen molar-refractivity contribution in [2.75, 3.05) is 5.32 Å². The minimum Gasteiger partial charge on any atom is -0.332 e. The van der Waals surface area contributed by atoms with Crippen molar-refractivity contribution < 1.29 is 9.18 Å². The molecule has 2 N–H and O–H groups in total. The molecule has 5 nitrogen and oxygen atoms in total. The van der Waals surface area contributed by atoms with Gasteiger partial charge in [-0.25, -0.2) is 9.18 Å². The Morgan fingerprint density at radius 1 is 1.40 bits per heavy atom. The second-order valence-corrected chi connectivity index (χ2v) is 6.40. The molecule has 0 saturated heterocycles. The van der Waals surface area contributed by atoms with E-state index >= 15 is 0 Å². The Kier molecular flexibility index (Phi) is 5.48. The van der Waals surface area contributed by atoms with E-state index in [0.717, 1.165) is 18.4 Å². The molecule has 1 aliphatic carbocycles. The van der Waals surface area contributed by atoms with E-state index in [1.165, 1.54) is 30.5 Å². The lowest BCUT2D eigenvalue weighted by molar-refractivity contribution is 0.250. The summed E-state index contributed by atoms with van der Waals surface area (Å²) >= 11 is 0. The van der Waals surface area contributed by atoms with Crippen LogP contribution in [0.2, 0.25) is 0 Å². The Hall–Kier alpha value is -2.63. The lowest BCUT2D eigenvalue weighted by Gasteiger charge is -2.20. The van der Waals surface area contributed by atoms with E-state index in [-0.39, 0.29) is 17.9 Å². The van der Waals surface area contributed by atoms with Crippen molar-refractivity contribution in [3.8, 4) is 0 Å². The number of anilines is 1. The van der Waals surface area contributed by atoms with Gasteiger partial charge in [0.05, 0.1) is 18.4 Å². The molecule has 2 aromatic rings. The van der Waals surface area contributed by atoms with Gasteiger partial charge in [-0.2, -0.15) is 5.10 Å². The van der Waals surface area contributed by atoms with Gasteiger partial charge in [-0.1, -0.05) is 23.8 Å². The Bertz CT molecular complexity index is 768. The molecular weight excluding hydrogens is 319 g/mol. The lowest BCUT2D eigenvalue weighted by atomic mass is 9.95. The van der Waals surface area contributed by atoms with E-state index in [1.807, 2.05) is 13.0 Å². The van der Waals surface area contributed by atoms with Crippen molar-refractivity contribution in [2.45, 2.75) is 45.2 Å². The zero-order chi connectivity index (χ0) is 17.6. The molecule has 1 atom stereocenters. The first kappa shape index (κ1) is 17.2. The summed E-state index contributed by atoms with van der Waals surface area (Å²) in [6, 6.07) is 6.17. The Balaban J connectivity index is 1.53. The van der Waals surface area contributed by atoms with Gasteiger partial charge in [0.15, 0.2) is 0 Å². The molecule has 1 aromatic carbocycles. The van der Waals surface area contributed by atoms with E-state index in [0.29, 0.717) is 12.2 Å².